The number of nitro groups is 1. The van der Waals surface area contributed by atoms with E-state index in [-0.39, 0.29) is 34.0 Å². The number of nitrogens with zero attached hydrogens (tertiary/aromatic N) is 3. The Bertz CT molecular complexity index is 1300. The fourth-order valence-corrected chi connectivity index (χ4v) is 3.03. The zero-order valence-corrected chi connectivity index (χ0v) is 15.8. The molecule has 3 aromatic carbocycles. The van der Waals surface area contributed by atoms with Gasteiger partial charge in [0.2, 0.25) is 0 Å². The Labute approximate surface area is 174 Å². The minimum atomic E-state index is -0.716. The fraction of sp³-hybridized carbons (Fsp3) is 0. The standard InChI is InChI=1S/C22H14F2N4O3/c23-17-9-2-1-8-16(17)20-13-21(22(29)25-19-11-4-3-10-18(19)24)27(26-20)14-6-5-7-15(12-14)28(30)31/h1-13H,(H,25,29). The summed E-state index contributed by atoms with van der Waals surface area (Å²) in [5.41, 5.74) is 0.194. The number of nitro benzene ring substituents is 1. The highest BCUT2D eigenvalue weighted by Gasteiger charge is 2.21. The van der Waals surface area contributed by atoms with Gasteiger partial charge in [0.1, 0.15) is 17.3 Å². The van der Waals surface area contributed by atoms with Crippen molar-refractivity contribution < 1.29 is 18.5 Å². The van der Waals surface area contributed by atoms with Gasteiger partial charge >= 0.3 is 0 Å². The first-order valence-electron chi connectivity index (χ1n) is 9.10. The maximum absolute atomic E-state index is 14.3. The summed E-state index contributed by atoms with van der Waals surface area (Å²) in [5, 5.41) is 17.9. The Morgan fingerprint density at radius 3 is 2.35 bits per heavy atom. The van der Waals surface area contributed by atoms with E-state index >= 15 is 0 Å². The summed E-state index contributed by atoms with van der Waals surface area (Å²) in [7, 11) is 0. The average Bonchev–Trinajstić information content (AvgIpc) is 3.21. The molecule has 0 aliphatic heterocycles. The molecule has 9 heteroatoms. The molecule has 0 saturated heterocycles. The van der Waals surface area contributed by atoms with Crippen molar-refractivity contribution in [1.82, 2.24) is 9.78 Å². The molecule has 0 fully saturated rings. The molecule has 31 heavy (non-hydrogen) atoms. The molecule has 0 atom stereocenters. The highest BCUT2D eigenvalue weighted by Crippen LogP contribution is 2.26. The van der Waals surface area contributed by atoms with Gasteiger partial charge in [0.15, 0.2) is 0 Å². The summed E-state index contributed by atoms with van der Waals surface area (Å²) < 4.78 is 29.5. The highest BCUT2D eigenvalue weighted by molar-refractivity contribution is 6.04. The minimum absolute atomic E-state index is 0.0493. The van der Waals surface area contributed by atoms with E-state index in [0.717, 1.165) is 4.68 Å². The number of carbonyl (C=O) groups is 1. The smallest absolute Gasteiger partial charge is 0.274 e. The van der Waals surface area contributed by atoms with Crippen molar-refractivity contribution in [2.75, 3.05) is 5.32 Å². The van der Waals surface area contributed by atoms with Gasteiger partial charge in [-0.2, -0.15) is 5.10 Å². The molecule has 0 aliphatic carbocycles. The molecule has 1 heterocycles. The van der Waals surface area contributed by atoms with Gasteiger partial charge in [0, 0.05) is 17.7 Å². The average molecular weight is 420 g/mol. The lowest BCUT2D eigenvalue weighted by molar-refractivity contribution is -0.384. The third-order valence-corrected chi connectivity index (χ3v) is 4.50. The molecular formula is C22H14F2N4O3. The Kier molecular flexibility index (Phi) is 5.23. The maximum atomic E-state index is 14.3. The summed E-state index contributed by atoms with van der Waals surface area (Å²) in [4.78, 5) is 23.5. The Morgan fingerprint density at radius 2 is 1.65 bits per heavy atom. The first-order valence-corrected chi connectivity index (χ1v) is 9.10. The Balaban J connectivity index is 1.83. The molecule has 154 valence electrons. The van der Waals surface area contributed by atoms with Crippen LogP contribution in [0.1, 0.15) is 10.5 Å². The van der Waals surface area contributed by atoms with Crippen LogP contribution in [0.15, 0.2) is 78.9 Å². The van der Waals surface area contributed by atoms with Crippen molar-refractivity contribution in [1.29, 1.82) is 0 Å². The molecule has 4 rings (SSSR count). The quantitative estimate of drug-likeness (QED) is 0.364. The van der Waals surface area contributed by atoms with E-state index in [0.29, 0.717) is 0 Å². The topological polar surface area (TPSA) is 90.1 Å². The summed E-state index contributed by atoms with van der Waals surface area (Å²) in [6, 6.07) is 18.3. The molecule has 1 aromatic heterocycles. The number of carbonyl (C=O) groups excluding carboxylic acids is 1. The minimum Gasteiger partial charge on any atom is -0.318 e. The lowest BCUT2D eigenvalue weighted by Crippen LogP contribution is -2.17. The maximum Gasteiger partial charge on any atom is 0.274 e. The van der Waals surface area contributed by atoms with Crippen LogP contribution in [0.5, 0.6) is 0 Å². The number of halogens is 2. The molecule has 0 unspecified atom stereocenters. The van der Waals surface area contributed by atoms with Crippen LogP contribution >= 0.6 is 0 Å². The molecule has 1 N–H and O–H groups in total. The number of non-ortho nitro benzene ring substituents is 1. The highest BCUT2D eigenvalue weighted by atomic mass is 19.1. The zero-order valence-electron chi connectivity index (χ0n) is 15.8. The summed E-state index contributed by atoms with van der Waals surface area (Å²) in [5.74, 6) is -1.90. The lowest BCUT2D eigenvalue weighted by atomic mass is 10.1. The number of hydrogen-bond donors (Lipinski definition) is 1. The van der Waals surface area contributed by atoms with Gasteiger partial charge in [-0.25, -0.2) is 13.5 Å². The van der Waals surface area contributed by atoms with E-state index in [4.69, 9.17) is 0 Å². The molecule has 0 spiro atoms. The van der Waals surface area contributed by atoms with Crippen LogP contribution < -0.4 is 5.32 Å². The van der Waals surface area contributed by atoms with Gasteiger partial charge in [0.05, 0.1) is 22.0 Å². The van der Waals surface area contributed by atoms with E-state index in [1.165, 1.54) is 66.7 Å². The monoisotopic (exact) mass is 420 g/mol. The number of rotatable bonds is 5. The molecule has 1 amide bonds. The predicted octanol–water partition coefficient (Wildman–Crippen LogP) is 4.98. The molecular weight excluding hydrogens is 406 g/mol. The van der Waals surface area contributed by atoms with E-state index in [2.05, 4.69) is 10.4 Å². The first-order chi connectivity index (χ1) is 14.9. The number of anilines is 1. The zero-order chi connectivity index (χ0) is 22.0. The third kappa shape index (κ3) is 4.01. The van der Waals surface area contributed by atoms with Gasteiger partial charge in [0.25, 0.3) is 11.6 Å². The molecule has 0 bridgehead atoms. The second-order valence-corrected chi connectivity index (χ2v) is 6.52. The molecule has 4 aromatic rings. The second-order valence-electron chi connectivity index (χ2n) is 6.52. The van der Waals surface area contributed by atoms with Gasteiger partial charge in [-0.3, -0.25) is 14.9 Å². The molecule has 0 aliphatic rings. The van der Waals surface area contributed by atoms with Crippen molar-refractivity contribution >= 4 is 17.3 Å². The number of benzene rings is 3. The van der Waals surface area contributed by atoms with Gasteiger partial charge < -0.3 is 5.32 Å². The number of para-hydroxylation sites is 1. The van der Waals surface area contributed by atoms with Crippen LogP contribution in [-0.4, -0.2) is 20.6 Å². The fourth-order valence-electron chi connectivity index (χ4n) is 3.03. The van der Waals surface area contributed by atoms with Crippen molar-refractivity contribution in [3.63, 3.8) is 0 Å². The van der Waals surface area contributed by atoms with Crippen LogP contribution in [0.25, 0.3) is 16.9 Å². The molecule has 0 radical (unpaired) electrons. The number of aromatic nitrogens is 2. The van der Waals surface area contributed by atoms with Crippen LogP contribution in [0, 0.1) is 21.7 Å². The van der Waals surface area contributed by atoms with E-state index in [1.54, 1.807) is 12.1 Å². The summed E-state index contributed by atoms with van der Waals surface area (Å²) in [6.45, 7) is 0. The summed E-state index contributed by atoms with van der Waals surface area (Å²) in [6.07, 6.45) is 0. The van der Waals surface area contributed by atoms with Crippen LogP contribution in [0.3, 0.4) is 0 Å². The van der Waals surface area contributed by atoms with Gasteiger partial charge in [-0.15, -0.1) is 0 Å². The Morgan fingerprint density at radius 1 is 0.935 bits per heavy atom. The number of nitrogens with one attached hydrogen (secondary N) is 1. The Hall–Kier alpha value is -4.40. The molecule has 7 nitrogen and oxygen atoms in total. The van der Waals surface area contributed by atoms with Gasteiger partial charge in [-0.05, 0) is 36.4 Å². The van der Waals surface area contributed by atoms with E-state index in [1.807, 2.05) is 0 Å². The van der Waals surface area contributed by atoms with Crippen molar-refractivity contribution in [3.05, 3.63) is 106 Å². The van der Waals surface area contributed by atoms with Crippen molar-refractivity contribution in [3.8, 4) is 16.9 Å². The lowest BCUT2D eigenvalue weighted by Gasteiger charge is -2.09. The first kappa shape index (κ1) is 19.9. The van der Waals surface area contributed by atoms with Crippen molar-refractivity contribution in [2.45, 2.75) is 0 Å². The number of amides is 1. The second kappa shape index (κ2) is 8.15. The third-order valence-electron chi connectivity index (χ3n) is 4.50. The SMILES string of the molecule is O=C(Nc1ccccc1F)c1cc(-c2ccccc2F)nn1-c1cccc([N+](=O)[O-])c1. The normalized spacial score (nSPS) is 10.6. The van der Waals surface area contributed by atoms with Crippen molar-refractivity contribution in [2.24, 2.45) is 0 Å². The summed E-state index contributed by atoms with van der Waals surface area (Å²) >= 11 is 0. The van der Waals surface area contributed by atoms with Crippen LogP contribution in [0.4, 0.5) is 20.2 Å². The van der Waals surface area contributed by atoms with Crippen LogP contribution in [-0.2, 0) is 0 Å². The molecule has 0 saturated carbocycles. The predicted molar refractivity (Wildman–Crippen MR) is 110 cm³/mol. The number of hydrogen-bond acceptors (Lipinski definition) is 4. The largest absolute Gasteiger partial charge is 0.318 e. The van der Waals surface area contributed by atoms with Crippen LogP contribution in [0.2, 0.25) is 0 Å². The van der Waals surface area contributed by atoms with E-state index in [9.17, 15) is 23.7 Å². The van der Waals surface area contributed by atoms with Gasteiger partial charge in [-0.1, -0.05) is 30.3 Å². The van der Waals surface area contributed by atoms with E-state index < -0.39 is 22.5 Å².